The SMILES string of the molecule is CC1CC(CN)(C(=O)O)CC(C)O1. The molecule has 1 aliphatic rings. The summed E-state index contributed by atoms with van der Waals surface area (Å²) in [5.41, 5.74) is 4.76. The van der Waals surface area contributed by atoms with E-state index in [1.165, 1.54) is 0 Å². The van der Waals surface area contributed by atoms with E-state index in [0.29, 0.717) is 12.8 Å². The number of carbonyl (C=O) groups is 1. The average Bonchev–Trinajstić information content (AvgIpc) is 2.02. The van der Waals surface area contributed by atoms with Gasteiger partial charge in [-0.15, -0.1) is 0 Å². The van der Waals surface area contributed by atoms with Crippen LogP contribution in [0.25, 0.3) is 0 Å². The van der Waals surface area contributed by atoms with Crippen LogP contribution in [0.15, 0.2) is 0 Å². The Hall–Kier alpha value is -0.610. The predicted molar refractivity (Wildman–Crippen MR) is 48.4 cm³/mol. The molecule has 1 saturated heterocycles. The maximum absolute atomic E-state index is 11.1. The zero-order valence-electron chi connectivity index (χ0n) is 8.12. The quantitative estimate of drug-likeness (QED) is 0.664. The van der Waals surface area contributed by atoms with Gasteiger partial charge in [0, 0.05) is 6.54 Å². The van der Waals surface area contributed by atoms with Gasteiger partial charge < -0.3 is 15.6 Å². The van der Waals surface area contributed by atoms with Crippen molar-refractivity contribution in [1.82, 2.24) is 0 Å². The first kappa shape index (κ1) is 10.5. The lowest BCUT2D eigenvalue weighted by Crippen LogP contribution is -2.48. The number of hydrogen-bond acceptors (Lipinski definition) is 3. The lowest BCUT2D eigenvalue weighted by atomic mass is 9.76. The smallest absolute Gasteiger partial charge is 0.311 e. The highest BCUT2D eigenvalue weighted by molar-refractivity contribution is 5.75. The highest BCUT2D eigenvalue weighted by Crippen LogP contribution is 2.35. The fourth-order valence-electron chi connectivity index (χ4n) is 2.11. The molecule has 0 radical (unpaired) electrons. The Bertz CT molecular complexity index is 195. The number of rotatable bonds is 2. The predicted octanol–water partition coefficient (Wildman–Crippen LogP) is 0.603. The fraction of sp³-hybridized carbons (Fsp3) is 0.889. The molecule has 3 N–H and O–H groups in total. The molecule has 2 atom stereocenters. The molecule has 1 rings (SSSR count). The first-order valence-electron chi connectivity index (χ1n) is 4.59. The number of aliphatic carboxylic acids is 1. The maximum Gasteiger partial charge on any atom is 0.311 e. The molecule has 13 heavy (non-hydrogen) atoms. The van der Waals surface area contributed by atoms with Crippen molar-refractivity contribution in [3.8, 4) is 0 Å². The van der Waals surface area contributed by atoms with Crippen LogP contribution in [0.1, 0.15) is 26.7 Å². The van der Waals surface area contributed by atoms with Crippen LogP contribution in [0.2, 0.25) is 0 Å². The molecule has 0 bridgehead atoms. The number of ether oxygens (including phenoxy) is 1. The van der Waals surface area contributed by atoms with E-state index in [0.717, 1.165) is 0 Å². The molecule has 1 heterocycles. The summed E-state index contributed by atoms with van der Waals surface area (Å²) in [6.07, 6.45) is 1.01. The van der Waals surface area contributed by atoms with Crippen molar-refractivity contribution in [2.75, 3.05) is 6.54 Å². The molecule has 0 aromatic rings. The zero-order chi connectivity index (χ0) is 10.1. The molecule has 0 aliphatic carbocycles. The summed E-state index contributed by atoms with van der Waals surface area (Å²) in [7, 11) is 0. The van der Waals surface area contributed by atoms with Crippen LogP contribution < -0.4 is 5.73 Å². The van der Waals surface area contributed by atoms with E-state index in [1.807, 2.05) is 13.8 Å². The Morgan fingerprint density at radius 2 is 2.00 bits per heavy atom. The molecule has 1 fully saturated rings. The van der Waals surface area contributed by atoms with Gasteiger partial charge in [0.1, 0.15) is 0 Å². The van der Waals surface area contributed by atoms with Gasteiger partial charge in [-0.2, -0.15) is 0 Å². The lowest BCUT2D eigenvalue weighted by Gasteiger charge is -2.38. The third kappa shape index (κ3) is 2.00. The second kappa shape index (κ2) is 3.64. The van der Waals surface area contributed by atoms with E-state index in [2.05, 4.69) is 0 Å². The number of carboxylic acid groups (broad SMARTS) is 1. The van der Waals surface area contributed by atoms with E-state index in [4.69, 9.17) is 15.6 Å². The third-order valence-corrected chi connectivity index (χ3v) is 2.67. The van der Waals surface area contributed by atoms with Gasteiger partial charge in [0.15, 0.2) is 0 Å². The molecular weight excluding hydrogens is 170 g/mol. The average molecular weight is 187 g/mol. The van der Waals surface area contributed by atoms with Gasteiger partial charge in [0.05, 0.1) is 17.6 Å². The van der Waals surface area contributed by atoms with Crippen molar-refractivity contribution < 1.29 is 14.6 Å². The molecule has 0 spiro atoms. The van der Waals surface area contributed by atoms with Gasteiger partial charge in [-0.1, -0.05) is 0 Å². The van der Waals surface area contributed by atoms with Crippen molar-refractivity contribution in [1.29, 1.82) is 0 Å². The van der Waals surface area contributed by atoms with Crippen molar-refractivity contribution >= 4 is 5.97 Å². The molecule has 4 nitrogen and oxygen atoms in total. The number of carboxylic acids is 1. The zero-order valence-corrected chi connectivity index (χ0v) is 8.12. The van der Waals surface area contributed by atoms with Gasteiger partial charge in [-0.25, -0.2) is 0 Å². The number of nitrogens with two attached hydrogens (primary N) is 1. The van der Waals surface area contributed by atoms with E-state index in [-0.39, 0.29) is 18.8 Å². The molecule has 0 aromatic heterocycles. The fourth-order valence-corrected chi connectivity index (χ4v) is 2.11. The van der Waals surface area contributed by atoms with Gasteiger partial charge in [-0.05, 0) is 26.7 Å². The monoisotopic (exact) mass is 187 g/mol. The van der Waals surface area contributed by atoms with Crippen molar-refractivity contribution in [3.05, 3.63) is 0 Å². The van der Waals surface area contributed by atoms with Crippen LogP contribution in [0.4, 0.5) is 0 Å². The third-order valence-electron chi connectivity index (χ3n) is 2.67. The second-order valence-corrected chi connectivity index (χ2v) is 3.96. The first-order chi connectivity index (χ1) is 6.00. The highest BCUT2D eigenvalue weighted by Gasteiger charge is 2.43. The van der Waals surface area contributed by atoms with Crippen LogP contribution in [0.3, 0.4) is 0 Å². The Kier molecular flexibility index (Phi) is 2.93. The van der Waals surface area contributed by atoms with Gasteiger partial charge >= 0.3 is 5.97 Å². The standard InChI is InChI=1S/C9H17NO3/c1-6-3-9(5-10,8(11)12)4-7(2)13-6/h6-7H,3-5,10H2,1-2H3,(H,11,12). The van der Waals surface area contributed by atoms with E-state index >= 15 is 0 Å². The molecule has 0 aromatic carbocycles. The minimum Gasteiger partial charge on any atom is -0.481 e. The summed E-state index contributed by atoms with van der Waals surface area (Å²) in [4.78, 5) is 11.1. The van der Waals surface area contributed by atoms with E-state index in [1.54, 1.807) is 0 Å². The molecule has 1 aliphatic heterocycles. The second-order valence-electron chi connectivity index (χ2n) is 3.96. The van der Waals surface area contributed by atoms with Crippen LogP contribution in [-0.2, 0) is 9.53 Å². The summed E-state index contributed by atoms with van der Waals surface area (Å²) in [6.45, 7) is 3.98. The van der Waals surface area contributed by atoms with Crippen molar-refractivity contribution in [3.63, 3.8) is 0 Å². The summed E-state index contributed by atoms with van der Waals surface area (Å²) < 4.78 is 5.47. The van der Waals surface area contributed by atoms with Crippen LogP contribution in [0.5, 0.6) is 0 Å². The molecular formula is C9H17NO3. The molecule has 4 heteroatoms. The van der Waals surface area contributed by atoms with Crippen molar-refractivity contribution in [2.45, 2.75) is 38.9 Å². The minimum absolute atomic E-state index is 0.0107. The van der Waals surface area contributed by atoms with Crippen LogP contribution in [-0.4, -0.2) is 29.8 Å². The molecule has 0 amide bonds. The molecule has 0 saturated carbocycles. The summed E-state index contributed by atoms with van der Waals surface area (Å²) in [6, 6.07) is 0. The molecule has 76 valence electrons. The topological polar surface area (TPSA) is 72.6 Å². The normalized spacial score (nSPS) is 40.2. The van der Waals surface area contributed by atoms with Crippen molar-refractivity contribution in [2.24, 2.45) is 11.1 Å². The Labute approximate surface area is 78.1 Å². The number of hydrogen-bond donors (Lipinski definition) is 2. The van der Waals surface area contributed by atoms with Gasteiger partial charge in [0.2, 0.25) is 0 Å². The maximum atomic E-state index is 11.1. The van der Waals surface area contributed by atoms with Crippen LogP contribution in [0, 0.1) is 5.41 Å². The summed E-state index contributed by atoms with van der Waals surface area (Å²) in [5.74, 6) is -0.794. The van der Waals surface area contributed by atoms with Crippen LogP contribution >= 0.6 is 0 Å². The minimum atomic E-state index is -0.794. The van der Waals surface area contributed by atoms with E-state index in [9.17, 15) is 4.79 Å². The summed E-state index contributed by atoms with van der Waals surface area (Å²) >= 11 is 0. The van der Waals surface area contributed by atoms with Gasteiger partial charge in [0.25, 0.3) is 0 Å². The Balaban J connectivity index is 2.80. The highest BCUT2D eigenvalue weighted by atomic mass is 16.5. The Morgan fingerprint density at radius 1 is 1.54 bits per heavy atom. The van der Waals surface area contributed by atoms with E-state index < -0.39 is 11.4 Å². The van der Waals surface area contributed by atoms with Gasteiger partial charge in [-0.3, -0.25) is 4.79 Å². The summed E-state index contributed by atoms with van der Waals surface area (Å²) in [5, 5.41) is 9.09. The lowest BCUT2D eigenvalue weighted by molar-refractivity contribution is -0.162. The first-order valence-corrected chi connectivity index (χ1v) is 4.59. The Morgan fingerprint density at radius 3 is 2.31 bits per heavy atom. The molecule has 2 unspecified atom stereocenters. The largest absolute Gasteiger partial charge is 0.481 e.